The number of hydrogen-bond acceptors (Lipinski definition) is 5. The summed E-state index contributed by atoms with van der Waals surface area (Å²) in [6.45, 7) is 3.47. The summed E-state index contributed by atoms with van der Waals surface area (Å²) in [5.74, 6) is -0.360. The molecule has 0 aliphatic heterocycles. The highest BCUT2D eigenvalue weighted by Gasteiger charge is 2.11. The summed E-state index contributed by atoms with van der Waals surface area (Å²) in [6, 6.07) is 15.3. The molecule has 6 nitrogen and oxygen atoms in total. The van der Waals surface area contributed by atoms with E-state index < -0.39 is 5.97 Å². The Bertz CT molecular complexity index is 909. The summed E-state index contributed by atoms with van der Waals surface area (Å²) in [7, 11) is 1.55. The minimum Gasteiger partial charge on any atom is -0.497 e. The fourth-order valence-corrected chi connectivity index (χ4v) is 2.17. The number of anilines is 1. The highest BCUT2D eigenvalue weighted by molar-refractivity contribution is 6.04. The Labute approximate surface area is 157 Å². The van der Waals surface area contributed by atoms with Gasteiger partial charge in [-0.3, -0.25) is 4.79 Å². The van der Waals surface area contributed by atoms with Crippen molar-refractivity contribution in [2.45, 2.75) is 0 Å². The number of hydrogen-bond donors (Lipinski definition) is 1. The Morgan fingerprint density at radius 1 is 1.22 bits per heavy atom. The van der Waals surface area contributed by atoms with Gasteiger partial charge in [0, 0.05) is 11.3 Å². The van der Waals surface area contributed by atoms with Gasteiger partial charge >= 0.3 is 5.97 Å². The van der Waals surface area contributed by atoms with Crippen molar-refractivity contribution in [2.75, 3.05) is 19.0 Å². The van der Waals surface area contributed by atoms with Crippen LogP contribution in [0.4, 0.5) is 5.69 Å². The van der Waals surface area contributed by atoms with E-state index in [0.717, 1.165) is 0 Å². The van der Waals surface area contributed by atoms with Crippen LogP contribution >= 0.6 is 0 Å². The van der Waals surface area contributed by atoms with Crippen molar-refractivity contribution in [3.63, 3.8) is 0 Å². The van der Waals surface area contributed by atoms with Crippen molar-refractivity contribution in [3.05, 3.63) is 77.9 Å². The third-order valence-corrected chi connectivity index (χ3v) is 3.48. The van der Waals surface area contributed by atoms with E-state index in [-0.39, 0.29) is 18.1 Å². The molecule has 0 aliphatic carbocycles. The summed E-state index contributed by atoms with van der Waals surface area (Å²) in [6.07, 6.45) is 2.82. The van der Waals surface area contributed by atoms with E-state index in [4.69, 9.17) is 14.7 Å². The first-order valence-electron chi connectivity index (χ1n) is 8.02. The Morgan fingerprint density at radius 2 is 1.96 bits per heavy atom. The van der Waals surface area contributed by atoms with Gasteiger partial charge in [-0.25, -0.2) is 4.79 Å². The second kappa shape index (κ2) is 9.59. The molecule has 0 fully saturated rings. The van der Waals surface area contributed by atoms with E-state index in [1.54, 1.807) is 55.6 Å². The number of benzene rings is 2. The molecule has 0 heterocycles. The predicted molar refractivity (Wildman–Crippen MR) is 102 cm³/mol. The number of ether oxygens (including phenoxy) is 2. The van der Waals surface area contributed by atoms with Crippen LogP contribution in [0, 0.1) is 11.3 Å². The van der Waals surface area contributed by atoms with E-state index in [1.165, 1.54) is 12.2 Å². The molecule has 1 amide bonds. The molecule has 0 unspecified atom stereocenters. The zero-order valence-corrected chi connectivity index (χ0v) is 14.8. The van der Waals surface area contributed by atoms with Crippen LogP contribution in [0.2, 0.25) is 0 Å². The smallest absolute Gasteiger partial charge is 0.349 e. The molecule has 2 aromatic rings. The monoisotopic (exact) mass is 362 g/mol. The van der Waals surface area contributed by atoms with Crippen LogP contribution in [0.25, 0.3) is 6.08 Å². The van der Waals surface area contributed by atoms with Gasteiger partial charge < -0.3 is 14.8 Å². The first kappa shape index (κ1) is 19.5. The molecule has 0 saturated heterocycles. The normalized spacial score (nSPS) is 10.4. The fraction of sp³-hybridized carbons (Fsp3) is 0.0952. The Kier molecular flexibility index (Phi) is 6.91. The number of carbonyl (C=O) groups is 2. The lowest BCUT2D eigenvalue weighted by molar-refractivity contribution is -0.137. The molecule has 2 rings (SSSR count). The molecule has 27 heavy (non-hydrogen) atoms. The van der Waals surface area contributed by atoms with Gasteiger partial charge in [0.25, 0.3) is 5.91 Å². The van der Waals surface area contributed by atoms with Gasteiger partial charge in [0.15, 0.2) is 0 Å². The topological polar surface area (TPSA) is 88.4 Å². The lowest BCUT2D eigenvalue weighted by Crippen LogP contribution is -2.11. The first-order chi connectivity index (χ1) is 13.1. The van der Waals surface area contributed by atoms with Crippen molar-refractivity contribution >= 4 is 23.6 Å². The number of nitrogens with one attached hydrogen (secondary N) is 1. The molecular formula is C21H18N2O4. The molecule has 136 valence electrons. The average molecular weight is 362 g/mol. The molecule has 0 saturated carbocycles. The van der Waals surface area contributed by atoms with Gasteiger partial charge in [-0.2, -0.15) is 5.26 Å². The van der Waals surface area contributed by atoms with Gasteiger partial charge in [0.1, 0.15) is 24.0 Å². The van der Waals surface area contributed by atoms with Crippen LogP contribution < -0.4 is 10.1 Å². The van der Waals surface area contributed by atoms with E-state index >= 15 is 0 Å². The van der Waals surface area contributed by atoms with Gasteiger partial charge in [-0.05, 0) is 48.0 Å². The van der Waals surface area contributed by atoms with E-state index in [9.17, 15) is 9.59 Å². The number of esters is 1. The Hall–Kier alpha value is -3.85. The molecule has 0 atom stereocenters. The van der Waals surface area contributed by atoms with Gasteiger partial charge in [-0.1, -0.05) is 24.8 Å². The fourth-order valence-electron chi connectivity index (χ4n) is 2.17. The standard InChI is InChI=1S/C21H18N2O4/c1-3-11-27-21(25)17(14-22)12-15-5-4-6-18(13-15)23-20(24)16-7-9-19(26-2)10-8-16/h3-10,12-13H,1,11H2,2H3,(H,23,24)/b17-12+. The number of nitriles is 1. The summed E-state index contributed by atoms with van der Waals surface area (Å²) in [5.41, 5.74) is 1.44. The molecule has 0 aliphatic rings. The third-order valence-electron chi connectivity index (χ3n) is 3.48. The lowest BCUT2D eigenvalue weighted by Gasteiger charge is -2.07. The molecule has 1 N–H and O–H groups in total. The molecule has 0 spiro atoms. The highest BCUT2D eigenvalue weighted by atomic mass is 16.5. The molecular weight excluding hydrogens is 344 g/mol. The van der Waals surface area contributed by atoms with Gasteiger partial charge in [0.2, 0.25) is 0 Å². The SMILES string of the molecule is C=CCOC(=O)/C(C#N)=C/c1cccc(NC(=O)c2ccc(OC)cc2)c1. The van der Waals surface area contributed by atoms with Crippen LogP contribution in [-0.4, -0.2) is 25.6 Å². The summed E-state index contributed by atoms with van der Waals surface area (Å²) < 4.78 is 9.93. The van der Waals surface area contributed by atoms with Crippen molar-refractivity contribution in [3.8, 4) is 11.8 Å². The van der Waals surface area contributed by atoms with E-state index in [1.807, 2.05) is 6.07 Å². The molecule has 2 aromatic carbocycles. The van der Waals surface area contributed by atoms with E-state index in [2.05, 4.69) is 11.9 Å². The summed E-state index contributed by atoms with van der Waals surface area (Å²) in [5, 5.41) is 11.9. The second-order valence-corrected chi connectivity index (χ2v) is 5.37. The third kappa shape index (κ3) is 5.58. The largest absolute Gasteiger partial charge is 0.497 e. The van der Waals surface area contributed by atoms with Crippen molar-refractivity contribution in [1.82, 2.24) is 0 Å². The zero-order chi connectivity index (χ0) is 19.6. The van der Waals surface area contributed by atoms with Crippen molar-refractivity contribution in [1.29, 1.82) is 5.26 Å². The van der Waals surface area contributed by atoms with Gasteiger partial charge in [0.05, 0.1) is 7.11 Å². The Morgan fingerprint density at radius 3 is 2.59 bits per heavy atom. The van der Waals surface area contributed by atoms with Crippen LogP contribution in [0.5, 0.6) is 5.75 Å². The number of carbonyl (C=O) groups excluding carboxylic acids is 2. The summed E-state index contributed by atoms with van der Waals surface area (Å²) in [4.78, 5) is 24.1. The maximum Gasteiger partial charge on any atom is 0.349 e. The highest BCUT2D eigenvalue weighted by Crippen LogP contribution is 2.17. The Balaban J connectivity index is 2.15. The second-order valence-electron chi connectivity index (χ2n) is 5.37. The average Bonchev–Trinajstić information content (AvgIpc) is 2.70. The van der Waals surface area contributed by atoms with Crippen LogP contribution in [0.15, 0.2) is 66.8 Å². The maximum atomic E-state index is 12.3. The maximum absolute atomic E-state index is 12.3. The van der Waals surface area contributed by atoms with Crippen molar-refractivity contribution in [2.24, 2.45) is 0 Å². The minimum atomic E-state index is -0.731. The number of rotatable bonds is 7. The predicted octanol–water partition coefficient (Wildman–Crippen LogP) is 3.58. The van der Waals surface area contributed by atoms with Gasteiger partial charge in [-0.15, -0.1) is 0 Å². The van der Waals surface area contributed by atoms with Crippen molar-refractivity contribution < 1.29 is 19.1 Å². The molecule has 0 radical (unpaired) electrons. The summed E-state index contributed by atoms with van der Waals surface area (Å²) >= 11 is 0. The van der Waals surface area contributed by atoms with Crippen LogP contribution in [0.3, 0.4) is 0 Å². The minimum absolute atomic E-state index is 0.0236. The zero-order valence-electron chi connectivity index (χ0n) is 14.8. The van der Waals surface area contributed by atoms with Crippen LogP contribution in [0.1, 0.15) is 15.9 Å². The van der Waals surface area contributed by atoms with E-state index in [0.29, 0.717) is 22.6 Å². The first-order valence-corrected chi connectivity index (χ1v) is 8.02. The lowest BCUT2D eigenvalue weighted by atomic mass is 10.1. The molecule has 6 heteroatoms. The number of nitrogens with zero attached hydrogens (tertiary/aromatic N) is 1. The number of amides is 1. The number of methoxy groups -OCH3 is 1. The quantitative estimate of drug-likeness (QED) is 0.352. The molecule has 0 aromatic heterocycles. The van der Waals surface area contributed by atoms with Crippen LogP contribution in [-0.2, 0) is 9.53 Å². The molecule has 0 bridgehead atoms.